The molecule has 0 spiro atoms. The Balaban J connectivity index is 1.53. The third kappa shape index (κ3) is 5.95. The van der Waals surface area contributed by atoms with Crippen molar-refractivity contribution in [3.63, 3.8) is 0 Å². The summed E-state index contributed by atoms with van der Waals surface area (Å²) in [5.41, 5.74) is 3.32. The van der Waals surface area contributed by atoms with Crippen molar-refractivity contribution < 1.29 is 28.5 Å². The lowest BCUT2D eigenvalue weighted by Gasteiger charge is -2.27. The Kier molecular flexibility index (Phi) is 8.47. The van der Waals surface area contributed by atoms with Crippen molar-refractivity contribution >= 4 is 34.3 Å². The maximum Gasteiger partial charge on any atom is 0.341 e. The van der Waals surface area contributed by atoms with Crippen LogP contribution in [0.25, 0.3) is 6.08 Å². The van der Waals surface area contributed by atoms with Crippen molar-refractivity contribution in [3.8, 4) is 17.2 Å². The molecule has 4 rings (SSSR count). The minimum atomic E-state index is -0.446. The smallest absolute Gasteiger partial charge is 0.341 e. The maximum atomic E-state index is 12.9. The molecule has 0 saturated heterocycles. The van der Waals surface area contributed by atoms with Crippen LogP contribution in [-0.4, -0.2) is 51.8 Å². The lowest BCUT2D eigenvalue weighted by molar-refractivity contribution is -0.111. The van der Waals surface area contributed by atoms with Crippen LogP contribution in [0.1, 0.15) is 31.9 Å². The Bertz CT molecular complexity index is 1280. The molecule has 37 heavy (non-hydrogen) atoms. The number of carbonyl (C=O) groups is 2. The Hall–Kier alpha value is -3.82. The fraction of sp³-hybridized carbons (Fsp3) is 0.286. The van der Waals surface area contributed by atoms with Crippen LogP contribution in [-0.2, 0) is 29.0 Å². The predicted octanol–water partition coefficient (Wildman–Crippen LogP) is 4.77. The first kappa shape index (κ1) is 26.2. The number of nitrogens with one attached hydrogen (secondary N) is 1. The van der Waals surface area contributed by atoms with Gasteiger partial charge in [0.05, 0.1) is 34.0 Å². The number of benzene rings is 2. The van der Waals surface area contributed by atoms with E-state index in [1.54, 1.807) is 18.2 Å². The molecule has 2 aromatic carbocycles. The fourth-order valence-electron chi connectivity index (χ4n) is 4.36. The van der Waals surface area contributed by atoms with E-state index in [9.17, 15) is 9.59 Å². The molecule has 0 aliphatic carbocycles. The average Bonchev–Trinajstić information content (AvgIpc) is 3.28. The molecule has 0 saturated carbocycles. The van der Waals surface area contributed by atoms with E-state index in [0.29, 0.717) is 46.3 Å². The highest BCUT2D eigenvalue weighted by atomic mass is 32.1. The van der Waals surface area contributed by atoms with Gasteiger partial charge in [0.1, 0.15) is 5.00 Å². The quantitative estimate of drug-likeness (QED) is 0.320. The number of hydrogen-bond acceptors (Lipinski definition) is 8. The first-order chi connectivity index (χ1) is 18.0. The van der Waals surface area contributed by atoms with Crippen molar-refractivity contribution in [2.75, 3.05) is 40.3 Å². The molecule has 2 heterocycles. The topological polar surface area (TPSA) is 86.3 Å². The molecule has 0 unspecified atom stereocenters. The summed E-state index contributed by atoms with van der Waals surface area (Å²) in [7, 11) is 5.95. The van der Waals surface area contributed by atoms with Crippen LogP contribution in [0.2, 0.25) is 0 Å². The normalized spacial score (nSPS) is 13.2. The molecule has 1 aliphatic rings. The highest BCUT2D eigenvalue weighted by Gasteiger charge is 2.29. The second-order valence-corrected chi connectivity index (χ2v) is 9.53. The number of methoxy groups -OCH3 is 4. The van der Waals surface area contributed by atoms with Gasteiger partial charge in [0.15, 0.2) is 11.5 Å². The van der Waals surface area contributed by atoms with Gasteiger partial charge in [-0.1, -0.05) is 30.3 Å². The monoisotopic (exact) mass is 522 g/mol. The third-order valence-electron chi connectivity index (χ3n) is 6.13. The van der Waals surface area contributed by atoms with Crippen molar-refractivity contribution in [3.05, 3.63) is 75.7 Å². The number of anilines is 1. The standard InChI is InChI=1S/C28H30N2O6S/c1-33-21-14-19(15-22(34-2)26(21)35-3)10-11-24(31)29-27-25(28(32)36-4)20-12-13-30(17-23(20)37-27)16-18-8-6-5-7-9-18/h5-11,14-15H,12-13,16-17H2,1-4H3,(H,29,31)/b11-10+. The summed E-state index contributed by atoms with van der Waals surface area (Å²) in [5, 5.41) is 3.38. The van der Waals surface area contributed by atoms with E-state index in [4.69, 9.17) is 18.9 Å². The molecular weight excluding hydrogens is 492 g/mol. The SMILES string of the molecule is COC(=O)c1c(NC(=O)/C=C/c2cc(OC)c(OC)c(OC)c2)sc2c1CCN(Cc1ccccc1)C2. The van der Waals surface area contributed by atoms with Crippen molar-refractivity contribution in [1.29, 1.82) is 0 Å². The van der Waals surface area contributed by atoms with E-state index in [1.165, 1.54) is 51.4 Å². The molecular formula is C28H30N2O6S. The molecule has 8 nitrogen and oxygen atoms in total. The molecule has 9 heteroatoms. The molecule has 1 N–H and O–H groups in total. The summed E-state index contributed by atoms with van der Waals surface area (Å²) in [5.74, 6) is 0.637. The van der Waals surface area contributed by atoms with Gasteiger partial charge in [0.2, 0.25) is 11.7 Å². The predicted molar refractivity (Wildman–Crippen MR) is 144 cm³/mol. The highest BCUT2D eigenvalue weighted by Crippen LogP contribution is 2.39. The van der Waals surface area contributed by atoms with E-state index in [1.807, 2.05) is 18.2 Å². The zero-order valence-electron chi connectivity index (χ0n) is 21.3. The van der Waals surface area contributed by atoms with Gasteiger partial charge >= 0.3 is 5.97 Å². The molecule has 0 radical (unpaired) electrons. The molecule has 0 bridgehead atoms. The number of fused-ring (bicyclic) bond motifs is 1. The molecule has 194 valence electrons. The largest absolute Gasteiger partial charge is 0.493 e. The number of hydrogen-bond donors (Lipinski definition) is 1. The summed E-state index contributed by atoms with van der Waals surface area (Å²) in [6, 6.07) is 13.8. The molecule has 1 aliphatic heterocycles. The van der Waals surface area contributed by atoms with Crippen LogP contribution in [0.3, 0.4) is 0 Å². The van der Waals surface area contributed by atoms with Crippen molar-refractivity contribution in [1.82, 2.24) is 4.90 Å². The number of ether oxygens (including phenoxy) is 4. The van der Waals surface area contributed by atoms with Crippen LogP contribution in [0.4, 0.5) is 5.00 Å². The van der Waals surface area contributed by atoms with Gasteiger partial charge in [0.25, 0.3) is 0 Å². The zero-order chi connectivity index (χ0) is 26.4. The van der Waals surface area contributed by atoms with E-state index in [2.05, 4.69) is 22.3 Å². The zero-order valence-corrected chi connectivity index (χ0v) is 22.1. The van der Waals surface area contributed by atoms with Gasteiger partial charge in [0, 0.05) is 30.6 Å². The number of thiophene rings is 1. The van der Waals surface area contributed by atoms with E-state index in [0.717, 1.165) is 23.5 Å². The molecule has 0 fully saturated rings. The number of esters is 1. The van der Waals surface area contributed by atoms with Gasteiger partial charge < -0.3 is 24.3 Å². The summed E-state index contributed by atoms with van der Waals surface area (Å²) in [4.78, 5) is 28.9. The summed E-state index contributed by atoms with van der Waals surface area (Å²) >= 11 is 1.42. The molecule has 1 amide bonds. The van der Waals surface area contributed by atoms with Gasteiger partial charge in [-0.25, -0.2) is 4.79 Å². The average molecular weight is 523 g/mol. The Morgan fingerprint density at radius 1 is 1.03 bits per heavy atom. The van der Waals surface area contributed by atoms with Crippen molar-refractivity contribution in [2.45, 2.75) is 19.5 Å². The second-order valence-electron chi connectivity index (χ2n) is 8.43. The van der Waals surface area contributed by atoms with Gasteiger partial charge in [-0.3, -0.25) is 9.69 Å². The Morgan fingerprint density at radius 3 is 2.35 bits per heavy atom. The van der Waals surface area contributed by atoms with Crippen LogP contribution in [0.15, 0.2) is 48.5 Å². The summed E-state index contributed by atoms with van der Waals surface area (Å²) in [6.07, 6.45) is 3.76. The number of rotatable bonds is 9. The highest BCUT2D eigenvalue weighted by molar-refractivity contribution is 7.17. The first-order valence-electron chi connectivity index (χ1n) is 11.8. The molecule has 0 atom stereocenters. The van der Waals surface area contributed by atoms with Crippen LogP contribution < -0.4 is 19.5 Å². The fourth-order valence-corrected chi connectivity index (χ4v) is 5.64. The second kappa shape index (κ2) is 11.9. The van der Waals surface area contributed by atoms with Gasteiger partial charge in [-0.15, -0.1) is 11.3 Å². The Morgan fingerprint density at radius 2 is 1.73 bits per heavy atom. The van der Waals surface area contributed by atoms with Gasteiger partial charge in [-0.2, -0.15) is 0 Å². The number of nitrogens with zero attached hydrogens (tertiary/aromatic N) is 1. The van der Waals surface area contributed by atoms with E-state index >= 15 is 0 Å². The maximum absolute atomic E-state index is 12.9. The lowest BCUT2D eigenvalue weighted by Crippen LogP contribution is -2.29. The van der Waals surface area contributed by atoms with E-state index < -0.39 is 5.97 Å². The number of amides is 1. The number of carbonyl (C=O) groups excluding carboxylic acids is 2. The summed E-state index contributed by atoms with van der Waals surface area (Å²) < 4.78 is 21.1. The lowest BCUT2D eigenvalue weighted by atomic mass is 10.0. The van der Waals surface area contributed by atoms with Crippen LogP contribution in [0, 0.1) is 0 Å². The minimum Gasteiger partial charge on any atom is -0.493 e. The summed E-state index contributed by atoms with van der Waals surface area (Å²) in [6.45, 7) is 2.35. The molecule has 1 aromatic heterocycles. The minimum absolute atomic E-state index is 0.362. The van der Waals surface area contributed by atoms with E-state index in [-0.39, 0.29) is 5.91 Å². The van der Waals surface area contributed by atoms with Gasteiger partial charge in [-0.05, 0) is 41.3 Å². The first-order valence-corrected chi connectivity index (χ1v) is 12.6. The van der Waals surface area contributed by atoms with Crippen LogP contribution in [0.5, 0.6) is 17.2 Å². The Labute approximate surface area is 220 Å². The molecule has 3 aromatic rings. The van der Waals surface area contributed by atoms with Crippen LogP contribution >= 0.6 is 11.3 Å². The third-order valence-corrected chi connectivity index (χ3v) is 7.26. The van der Waals surface area contributed by atoms with Crippen molar-refractivity contribution in [2.24, 2.45) is 0 Å².